The topological polar surface area (TPSA) is 35.5 Å². The highest BCUT2D eigenvalue weighted by atomic mass is 19.4. The van der Waals surface area contributed by atoms with Crippen molar-refractivity contribution in [1.29, 1.82) is 0 Å². The van der Waals surface area contributed by atoms with Crippen LogP contribution in [0.25, 0.3) is 0 Å². The van der Waals surface area contributed by atoms with Crippen molar-refractivity contribution in [2.45, 2.75) is 12.8 Å². The molecule has 0 aromatic heterocycles. The summed E-state index contributed by atoms with van der Waals surface area (Å²) in [6, 6.07) is 1.99. The summed E-state index contributed by atoms with van der Waals surface area (Å²) in [6.45, 7) is 0. The van der Waals surface area contributed by atoms with Crippen LogP contribution < -0.4 is 4.74 Å². The highest BCUT2D eigenvalue weighted by Gasteiger charge is 2.32. The van der Waals surface area contributed by atoms with Crippen molar-refractivity contribution in [1.82, 2.24) is 0 Å². The number of carbonyl (C=O) groups is 1. The lowest BCUT2D eigenvalue weighted by Gasteiger charge is -2.12. The van der Waals surface area contributed by atoms with Crippen LogP contribution in [-0.4, -0.2) is 19.4 Å². The Bertz CT molecular complexity index is 442. The molecule has 0 amide bonds. The summed E-state index contributed by atoms with van der Waals surface area (Å²) in [5.41, 5.74) is -1.40. The van der Waals surface area contributed by atoms with Crippen molar-refractivity contribution in [2.24, 2.45) is 0 Å². The minimum absolute atomic E-state index is 0.449. The van der Waals surface area contributed by atoms with Gasteiger partial charge in [0.2, 0.25) is 0 Å². The Labute approximate surface area is 98.1 Å². The zero-order valence-electron chi connectivity index (χ0n) is 8.92. The summed E-state index contributed by atoms with van der Waals surface area (Å²) in [6.07, 6.45) is -8.12. The fraction of sp³-hybridized carbons (Fsp3) is 0.300. The van der Waals surface area contributed by atoms with E-state index in [4.69, 9.17) is 0 Å². The molecule has 0 saturated carbocycles. The predicted molar refractivity (Wildman–Crippen MR) is 49.4 cm³/mol. The standard InChI is InChI=1S/C10H7F5O3/c1-17-9(16)6-3-2-5(18-10(13,14)15)4-7(6)8(11)12/h2-4,8H,1H3. The van der Waals surface area contributed by atoms with Gasteiger partial charge in [0.15, 0.2) is 0 Å². The lowest BCUT2D eigenvalue weighted by Crippen LogP contribution is -2.17. The molecule has 0 spiro atoms. The van der Waals surface area contributed by atoms with E-state index in [2.05, 4.69) is 9.47 Å². The first kappa shape index (κ1) is 14.2. The summed E-state index contributed by atoms with van der Waals surface area (Å²) >= 11 is 0. The highest BCUT2D eigenvalue weighted by Crippen LogP contribution is 2.30. The molecular formula is C10H7F5O3. The summed E-state index contributed by atoms with van der Waals surface area (Å²) in [4.78, 5) is 11.1. The fourth-order valence-corrected chi connectivity index (χ4v) is 1.21. The van der Waals surface area contributed by atoms with Gasteiger partial charge in [-0.1, -0.05) is 0 Å². The van der Waals surface area contributed by atoms with Crippen LogP contribution in [0.4, 0.5) is 22.0 Å². The van der Waals surface area contributed by atoms with E-state index in [0.29, 0.717) is 6.07 Å². The molecule has 18 heavy (non-hydrogen) atoms. The van der Waals surface area contributed by atoms with Crippen molar-refractivity contribution < 1.29 is 36.2 Å². The molecule has 3 nitrogen and oxygen atoms in total. The SMILES string of the molecule is COC(=O)c1ccc(OC(F)(F)F)cc1C(F)F. The van der Waals surface area contributed by atoms with Gasteiger partial charge >= 0.3 is 12.3 Å². The minimum Gasteiger partial charge on any atom is -0.465 e. The Balaban J connectivity index is 3.15. The minimum atomic E-state index is -4.99. The van der Waals surface area contributed by atoms with Crippen LogP contribution in [-0.2, 0) is 4.74 Å². The van der Waals surface area contributed by atoms with E-state index >= 15 is 0 Å². The first-order valence-electron chi connectivity index (χ1n) is 4.50. The Hall–Kier alpha value is -1.86. The zero-order valence-corrected chi connectivity index (χ0v) is 8.92. The largest absolute Gasteiger partial charge is 0.573 e. The van der Waals surface area contributed by atoms with Gasteiger partial charge in [0.1, 0.15) is 5.75 Å². The van der Waals surface area contributed by atoms with Gasteiger partial charge in [-0.3, -0.25) is 0 Å². The first-order chi connectivity index (χ1) is 8.24. The van der Waals surface area contributed by atoms with Gasteiger partial charge in [0.05, 0.1) is 12.7 Å². The summed E-state index contributed by atoms with van der Waals surface area (Å²) in [5, 5.41) is 0. The molecule has 1 aromatic carbocycles. The van der Waals surface area contributed by atoms with Crippen molar-refractivity contribution >= 4 is 5.97 Å². The number of alkyl halides is 5. The van der Waals surface area contributed by atoms with Gasteiger partial charge in [-0.15, -0.1) is 13.2 Å². The number of ether oxygens (including phenoxy) is 2. The van der Waals surface area contributed by atoms with Gasteiger partial charge in [0, 0.05) is 5.56 Å². The molecule has 0 saturated heterocycles. The number of benzene rings is 1. The number of halogens is 5. The third-order valence-electron chi connectivity index (χ3n) is 1.90. The van der Waals surface area contributed by atoms with Crippen LogP contribution in [0, 0.1) is 0 Å². The van der Waals surface area contributed by atoms with Crippen molar-refractivity contribution in [3.63, 3.8) is 0 Å². The molecule has 1 aromatic rings. The molecule has 0 aliphatic rings. The van der Waals surface area contributed by atoms with E-state index in [9.17, 15) is 26.7 Å². The third-order valence-corrected chi connectivity index (χ3v) is 1.90. The van der Waals surface area contributed by atoms with E-state index in [1.807, 2.05) is 0 Å². The molecular weight excluding hydrogens is 263 g/mol. The van der Waals surface area contributed by atoms with E-state index in [-0.39, 0.29) is 0 Å². The average molecular weight is 270 g/mol. The molecule has 0 heterocycles. The van der Waals surface area contributed by atoms with Gasteiger partial charge < -0.3 is 9.47 Å². The molecule has 0 bridgehead atoms. The van der Waals surface area contributed by atoms with E-state index in [1.165, 1.54) is 0 Å². The Morgan fingerprint density at radius 1 is 1.28 bits per heavy atom. The van der Waals surface area contributed by atoms with Gasteiger partial charge in [-0.2, -0.15) is 0 Å². The molecule has 0 fully saturated rings. The zero-order chi connectivity index (χ0) is 13.9. The van der Waals surface area contributed by atoms with Crippen LogP contribution in [0.3, 0.4) is 0 Å². The van der Waals surface area contributed by atoms with Crippen molar-refractivity contribution in [3.8, 4) is 5.75 Å². The summed E-state index contributed by atoms with van der Waals surface area (Å²) in [5.74, 6) is -1.89. The molecule has 0 atom stereocenters. The van der Waals surface area contributed by atoms with Gasteiger partial charge in [-0.25, -0.2) is 13.6 Å². The number of carbonyl (C=O) groups excluding carboxylic acids is 1. The van der Waals surface area contributed by atoms with Crippen LogP contribution in [0.2, 0.25) is 0 Å². The molecule has 8 heteroatoms. The van der Waals surface area contributed by atoms with E-state index < -0.39 is 35.6 Å². The average Bonchev–Trinajstić information content (AvgIpc) is 2.25. The van der Waals surface area contributed by atoms with Gasteiger partial charge in [-0.05, 0) is 18.2 Å². The molecule has 1 rings (SSSR count). The molecule has 0 unspecified atom stereocenters. The van der Waals surface area contributed by atoms with Crippen LogP contribution in [0.5, 0.6) is 5.75 Å². The number of hydrogen-bond donors (Lipinski definition) is 0. The second-order valence-corrected chi connectivity index (χ2v) is 3.09. The molecule has 0 aliphatic carbocycles. The molecule has 100 valence electrons. The van der Waals surface area contributed by atoms with E-state index in [0.717, 1.165) is 19.2 Å². The fourth-order valence-electron chi connectivity index (χ4n) is 1.21. The molecule has 0 N–H and O–H groups in total. The van der Waals surface area contributed by atoms with Gasteiger partial charge in [0.25, 0.3) is 6.43 Å². The normalized spacial score (nSPS) is 11.5. The van der Waals surface area contributed by atoms with Crippen LogP contribution in [0.15, 0.2) is 18.2 Å². The lowest BCUT2D eigenvalue weighted by atomic mass is 10.1. The first-order valence-corrected chi connectivity index (χ1v) is 4.50. The molecule has 0 radical (unpaired) electrons. The number of hydrogen-bond acceptors (Lipinski definition) is 3. The predicted octanol–water partition coefficient (Wildman–Crippen LogP) is 3.31. The number of esters is 1. The second-order valence-electron chi connectivity index (χ2n) is 3.09. The van der Waals surface area contributed by atoms with Crippen LogP contribution >= 0.6 is 0 Å². The van der Waals surface area contributed by atoms with Crippen LogP contribution in [0.1, 0.15) is 22.3 Å². The third kappa shape index (κ3) is 3.57. The monoisotopic (exact) mass is 270 g/mol. The maximum absolute atomic E-state index is 12.6. The van der Waals surface area contributed by atoms with E-state index in [1.54, 1.807) is 0 Å². The summed E-state index contributed by atoms with van der Waals surface area (Å²) in [7, 11) is 0.970. The smallest absolute Gasteiger partial charge is 0.465 e. The van der Waals surface area contributed by atoms with Crippen molar-refractivity contribution in [3.05, 3.63) is 29.3 Å². The maximum Gasteiger partial charge on any atom is 0.573 e. The molecule has 0 aliphatic heterocycles. The Morgan fingerprint density at radius 2 is 1.89 bits per heavy atom. The lowest BCUT2D eigenvalue weighted by molar-refractivity contribution is -0.274. The second kappa shape index (κ2) is 5.19. The maximum atomic E-state index is 12.6. The Kier molecular flexibility index (Phi) is 4.10. The summed E-state index contributed by atoms with van der Waals surface area (Å²) < 4.78 is 68.6. The Morgan fingerprint density at radius 3 is 2.33 bits per heavy atom. The number of rotatable bonds is 3. The van der Waals surface area contributed by atoms with Crippen molar-refractivity contribution in [2.75, 3.05) is 7.11 Å². The highest BCUT2D eigenvalue weighted by molar-refractivity contribution is 5.91. The number of methoxy groups -OCH3 is 1. The quantitative estimate of drug-likeness (QED) is 0.624.